The Morgan fingerprint density at radius 3 is 2.19 bits per heavy atom. The number of carbonyl (C=O) groups excluding carboxylic acids is 2. The molecule has 3 aromatic carbocycles. The number of hydrogen-bond donors (Lipinski definition) is 0. The van der Waals surface area contributed by atoms with E-state index in [1.807, 2.05) is 71.6 Å². The minimum absolute atomic E-state index is 0.0383. The maximum Gasteiger partial charge on any atom is 0.254 e. The highest BCUT2D eigenvalue weighted by molar-refractivity contribution is 5.97. The van der Waals surface area contributed by atoms with Crippen molar-refractivity contribution < 1.29 is 9.59 Å². The van der Waals surface area contributed by atoms with E-state index in [9.17, 15) is 9.59 Å². The first-order chi connectivity index (χ1) is 18.1. The molecule has 0 spiro atoms. The minimum Gasteiger partial charge on any atom is -0.345 e. The quantitative estimate of drug-likeness (QED) is 0.287. The van der Waals surface area contributed by atoms with Crippen LogP contribution < -0.4 is 0 Å². The summed E-state index contributed by atoms with van der Waals surface area (Å²) in [4.78, 5) is 30.7. The van der Waals surface area contributed by atoms with E-state index >= 15 is 0 Å². The molecule has 1 heterocycles. The van der Waals surface area contributed by atoms with Gasteiger partial charge < -0.3 is 14.4 Å². The molecule has 4 aromatic rings. The fourth-order valence-electron chi connectivity index (χ4n) is 4.70. The van der Waals surface area contributed by atoms with Gasteiger partial charge in [0.15, 0.2) is 0 Å². The van der Waals surface area contributed by atoms with E-state index in [2.05, 4.69) is 48.0 Å². The highest BCUT2D eigenvalue weighted by atomic mass is 16.2. The smallest absolute Gasteiger partial charge is 0.254 e. The van der Waals surface area contributed by atoms with Gasteiger partial charge in [-0.25, -0.2) is 0 Å². The zero-order valence-electron chi connectivity index (χ0n) is 21.3. The molecule has 1 saturated carbocycles. The lowest BCUT2D eigenvalue weighted by atomic mass is 10.1. The van der Waals surface area contributed by atoms with Crippen molar-refractivity contribution in [2.24, 2.45) is 0 Å². The van der Waals surface area contributed by atoms with Gasteiger partial charge in [0.1, 0.15) is 6.54 Å². The third-order valence-corrected chi connectivity index (χ3v) is 7.02. The van der Waals surface area contributed by atoms with Gasteiger partial charge in [-0.1, -0.05) is 72.8 Å². The molecule has 2 amide bonds. The molecule has 0 radical (unpaired) electrons. The van der Waals surface area contributed by atoms with Crippen LogP contribution in [-0.2, 0) is 24.4 Å². The van der Waals surface area contributed by atoms with E-state index in [1.165, 1.54) is 11.1 Å². The lowest BCUT2D eigenvalue weighted by Crippen LogP contribution is -2.43. The molecule has 1 aliphatic rings. The van der Waals surface area contributed by atoms with E-state index in [1.54, 1.807) is 4.90 Å². The van der Waals surface area contributed by atoms with Crippen molar-refractivity contribution in [3.05, 3.63) is 131 Å². The largest absolute Gasteiger partial charge is 0.345 e. The summed E-state index contributed by atoms with van der Waals surface area (Å²) >= 11 is 0. The van der Waals surface area contributed by atoms with Crippen LogP contribution in [0.5, 0.6) is 0 Å². The second kappa shape index (κ2) is 11.3. The number of carbonyl (C=O) groups is 2. The number of benzene rings is 3. The predicted molar refractivity (Wildman–Crippen MR) is 146 cm³/mol. The van der Waals surface area contributed by atoms with Gasteiger partial charge in [-0.15, -0.1) is 0 Å². The van der Waals surface area contributed by atoms with E-state index in [0.29, 0.717) is 18.7 Å². The van der Waals surface area contributed by atoms with E-state index in [0.717, 1.165) is 30.6 Å². The average Bonchev–Trinajstić information content (AvgIpc) is 3.68. The van der Waals surface area contributed by atoms with Crippen LogP contribution in [0.25, 0.3) is 0 Å². The molecular formula is C32H33N3O2. The van der Waals surface area contributed by atoms with Crippen molar-refractivity contribution in [3.63, 3.8) is 0 Å². The molecule has 188 valence electrons. The van der Waals surface area contributed by atoms with Crippen LogP contribution in [0.3, 0.4) is 0 Å². The molecule has 0 saturated heterocycles. The Bertz CT molecular complexity index is 1340. The van der Waals surface area contributed by atoms with Crippen LogP contribution in [0.2, 0.25) is 0 Å². The van der Waals surface area contributed by atoms with Gasteiger partial charge in [-0.3, -0.25) is 9.59 Å². The second-order valence-electron chi connectivity index (χ2n) is 9.82. The Morgan fingerprint density at radius 2 is 1.49 bits per heavy atom. The highest BCUT2D eigenvalue weighted by Gasteiger charge is 2.35. The summed E-state index contributed by atoms with van der Waals surface area (Å²) < 4.78 is 2.21. The Kier molecular flexibility index (Phi) is 7.50. The summed E-state index contributed by atoms with van der Waals surface area (Å²) in [6, 6.07) is 32.0. The first kappa shape index (κ1) is 24.6. The normalized spacial score (nSPS) is 12.8. The van der Waals surface area contributed by atoms with E-state index < -0.39 is 0 Å². The van der Waals surface area contributed by atoms with Crippen molar-refractivity contribution in [3.8, 4) is 0 Å². The van der Waals surface area contributed by atoms with Gasteiger partial charge in [0.25, 0.3) is 5.91 Å². The third-order valence-electron chi connectivity index (χ3n) is 7.02. The lowest BCUT2D eigenvalue weighted by molar-refractivity contribution is -0.133. The molecule has 0 unspecified atom stereocenters. The van der Waals surface area contributed by atoms with Crippen LogP contribution in [-0.4, -0.2) is 38.8 Å². The molecule has 1 aromatic heterocycles. The molecule has 0 N–H and O–H groups in total. The molecule has 0 atom stereocenters. The summed E-state index contributed by atoms with van der Waals surface area (Å²) in [6.45, 7) is 3.94. The Hall–Kier alpha value is -4.12. The summed E-state index contributed by atoms with van der Waals surface area (Å²) in [5, 5.41) is 0. The van der Waals surface area contributed by atoms with E-state index in [-0.39, 0.29) is 24.4 Å². The fourth-order valence-corrected chi connectivity index (χ4v) is 4.70. The molecular weight excluding hydrogens is 458 g/mol. The van der Waals surface area contributed by atoms with Gasteiger partial charge in [-0.05, 0) is 60.7 Å². The molecule has 37 heavy (non-hydrogen) atoms. The van der Waals surface area contributed by atoms with E-state index in [4.69, 9.17) is 0 Å². The van der Waals surface area contributed by atoms with Gasteiger partial charge in [-0.2, -0.15) is 0 Å². The van der Waals surface area contributed by atoms with Crippen molar-refractivity contribution in [2.45, 2.75) is 45.4 Å². The first-order valence-corrected chi connectivity index (χ1v) is 12.9. The number of hydrogen-bond acceptors (Lipinski definition) is 2. The van der Waals surface area contributed by atoms with Crippen molar-refractivity contribution in [1.29, 1.82) is 0 Å². The van der Waals surface area contributed by atoms with Gasteiger partial charge >= 0.3 is 0 Å². The summed E-state index contributed by atoms with van der Waals surface area (Å²) in [6.07, 6.45) is 3.97. The van der Waals surface area contributed by atoms with Gasteiger partial charge in [0, 0.05) is 36.6 Å². The highest BCUT2D eigenvalue weighted by Crippen LogP contribution is 2.28. The van der Waals surface area contributed by atoms with Crippen molar-refractivity contribution in [2.75, 3.05) is 6.54 Å². The first-order valence-electron chi connectivity index (χ1n) is 12.9. The van der Waals surface area contributed by atoms with Crippen LogP contribution in [0, 0.1) is 6.92 Å². The monoisotopic (exact) mass is 491 g/mol. The standard InChI is InChI=1S/C32H33N3O2/c1-25-11-8-9-16-28(25)22-33-20-10-17-30(33)23-34(21-26-12-4-2-5-13-26)31(36)24-35(29-18-19-29)32(37)27-14-6-3-7-15-27/h2-17,20,29H,18-19,21-24H2,1H3. The minimum atomic E-state index is -0.0703. The zero-order chi connectivity index (χ0) is 25.6. The van der Waals surface area contributed by atoms with Crippen LogP contribution in [0.4, 0.5) is 0 Å². The van der Waals surface area contributed by atoms with Gasteiger partial charge in [0.05, 0.1) is 6.54 Å². The maximum absolute atomic E-state index is 13.8. The van der Waals surface area contributed by atoms with Crippen molar-refractivity contribution >= 4 is 11.8 Å². The molecule has 0 aliphatic heterocycles. The average molecular weight is 492 g/mol. The summed E-state index contributed by atoms with van der Waals surface area (Å²) in [5.74, 6) is -0.109. The number of nitrogens with zero attached hydrogens (tertiary/aromatic N) is 3. The molecule has 5 heteroatoms. The third kappa shape index (κ3) is 6.18. The molecule has 1 fully saturated rings. The second-order valence-corrected chi connectivity index (χ2v) is 9.82. The number of rotatable bonds is 10. The molecule has 1 aliphatic carbocycles. The maximum atomic E-state index is 13.8. The summed E-state index contributed by atoms with van der Waals surface area (Å²) in [7, 11) is 0. The predicted octanol–water partition coefficient (Wildman–Crippen LogP) is 5.68. The van der Waals surface area contributed by atoms with Crippen LogP contribution >= 0.6 is 0 Å². The topological polar surface area (TPSA) is 45.6 Å². The van der Waals surface area contributed by atoms with Gasteiger partial charge in [0.2, 0.25) is 5.91 Å². The Balaban J connectivity index is 1.37. The fraction of sp³-hybridized carbons (Fsp3) is 0.250. The van der Waals surface area contributed by atoms with Crippen LogP contribution in [0.1, 0.15) is 45.6 Å². The number of amides is 2. The number of aryl methyl sites for hydroxylation is 1. The molecule has 5 nitrogen and oxygen atoms in total. The van der Waals surface area contributed by atoms with Crippen molar-refractivity contribution in [1.82, 2.24) is 14.4 Å². The number of aromatic nitrogens is 1. The van der Waals surface area contributed by atoms with Crippen LogP contribution in [0.15, 0.2) is 103 Å². The summed E-state index contributed by atoms with van der Waals surface area (Å²) in [5.41, 5.74) is 5.28. The Morgan fingerprint density at radius 1 is 0.811 bits per heavy atom. The zero-order valence-corrected chi connectivity index (χ0v) is 21.3. The molecule has 0 bridgehead atoms. The molecule has 5 rings (SSSR count). The lowest BCUT2D eigenvalue weighted by Gasteiger charge is -2.28. The Labute approximate surface area is 219 Å². The SMILES string of the molecule is Cc1ccccc1Cn1cccc1CN(Cc1ccccc1)C(=O)CN(C(=O)c1ccccc1)C1CC1.